The highest BCUT2D eigenvalue weighted by atomic mass is 79.9. The van der Waals surface area contributed by atoms with Crippen LogP contribution in [0.1, 0.15) is 35.8 Å². The number of hydrogen-bond acceptors (Lipinski definition) is 1. The summed E-state index contributed by atoms with van der Waals surface area (Å²) in [6.07, 6.45) is 2.23. The van der Waals surface area contributed by atoms with E-state index in [0.29, 0.717) is 5.69 Å². The average Bonchev–Trinajstić information content (AvgIpc) is 3.28. The third-order valence-electron chi connectivity index (χ3n) is 5.16. The molecule has 1 aromatic heterocycles. The van der Waals surface area contributed by atoms with Crippen LogP contribution in [0.25, 0.3) is 10.9 Å². The minimum Gasteiger partial charge on any atom is -0.351 e. The van der Waals surface area contributed by atoms with Gasteiger partial charge in [-0.05, 0) is 49.6 Å². The summed E-state index contributed by atoms with van der Waals surface area (Å²) >= 11 is 3.48. The highest BCUT2D eigenvalue weighted by Crippen LogP contribution is 2.51. The van der Waals surface area contributed by atoms with Crippen LogP contribution in [0.15, 0.2) is 59.1 Å². The third kappa shape index (κ3) is 2.65. The molecule has 1 heterocycles. The van der Waals surface area contributed by atoms with Crippen LogP contribution in [0.4, 0.5) is 0 Å². The lowest BCUT2D eigenvalue weighted by Gasteiger charge is -2.25. The van der Waals surface area contributed by atoms with Gasteiger partial charge in [-0.15, -0.1) is 0 Å². The van der Waals surface area contributed by atoms with Gasteiger partial charge >= 0.3 is 0 Å². The number of rotatable bonds is 4. The lowest BCUT2D eigenvalue weighted by Crippen LogP contribution is -2.41. The Kier molecular flexibility index (Phi) is 3.72. The molecule has 0 bridgehead atoms. The Bertz CT molecular complexity index is 860. The van der Waals surface area contributed by atoms with Crippen molar-refractivity contribution in [1.29, 1.82) is 0 Å². The second-order valence-corrected chi connectivity index (χ2v) is 7.54. The standard InChI is InChI=1S/C20H19BrN2O/c1-13(20(10-11-20)15-6-8-16(21)9-7-15)22-19(24)18-12-14-4-2-3-5-17(14)23-18/h2-9,12-13,23H,10-11H2,1H3,(H,22,24). The second-order valence-electron chi connectivity index (χ2n) is 6.63. The largest absolute Gasteiger partial charge is 0.351 e. The summed E-state index contributed by atoms with van der Waals surface area (Å²) in [4.78, 5) is 15.8. The van der Waals surface area contributed by atoms with Gasteiger partial charge in [-0.2, -0.15) is 0 Å². The molecule has 1 amide bonds. The summed E-state index contributed by atoms with van der Waals surface area (Å²) in [6.45, 7) is 2.11. The number of para-hydroxylation sites is 1. The van der Waals surface area contributed by atoms with E-state index >= 15 is 0 Å². The van der Waals surface area contributed by atoms with Crippen molar-refractivity contribution in [2.75, 3.05) is 0 Å². The number of amides is 1. The first kappa shape index (κ1) is 15.5. The summed E-state index contributed by atoms with van der Waals surface area (Å²) in [7, 11) is 0. The van der Waals surface area contributed by atoms with Crippen LogP contribution in [0.2, 0.25) is 0 Å². The molecule has 3 nitrogen and oxygen atoms in total. The Labute approximate surface area is 149 Å². The van der Waals surface area contributed by atoms with Crippen molar-refractivity contribution in [3.8, 4) is 0 Å². The van der Waals surface area contributed by atoms with Crippen molar-refractivity contribution in [3.05, 3.63) is 70.3 Å². The Hall–Kier alpha value is -2.07. The van der Waals surface area contributed by atoms with E-state index in [2.05, 4.69) is 57.4 Å². The molecule has 0 saturated heterocycles. The summed E-state index contributed by atoms with van der Waals surface area (Å²) in [5.41, 5.74) is 2.98. The first-order valence-electron chi connectivity index (χ1n) is 8.23. The van der Waals surface area contributed by atoms with Crippen molar-refractivity contribution in [2.45, 2.75) is 31.2 Å². The maximum Gasteiger partial charge on any atom is 0.267 e. The summed E-state index contributed by atoms with van der Waals surface area (Å²) < 4.78 is 1.08. The van der Waals surface area contributed by atoms with E-state index in [1.54, 1.807) is 0 Å². The molecule has 1 aliphatic carbocycles. The number of H-pyrrole nitrogens is 1. The molecule has 122 valence electrons. The minimum atomic E-state index is -0.0397. The Morgan fingerprint density at radius 3 is 2.54 bits per heavy atom. The molecule has 1 unspecified atom stereocenters. The fourth-order valence-electron chi connectivity index (χ4n) is 3.50. The van der Waals surface area contributed by atoms with Crippen LogP contribution < -0.4 is 5.32 Å². The number of halogens is 1. The lowest BCUT2D eigenvalue weighted by molar-refractivity contribution is 0.0927. The quantitative estimate of drug-likeness (QED) is 0.669. The second kappa shape index (κ2) is 5.78. The number of aromatic nitrogens is 1. The number of carbonyl (C=O) groups is 1. The molecule has 4 heteroatoms. The van der Waals surface area contributed by atoms with Crippen LogP contribution in [0.3, 0.4) is 0 Å². The van der Waals surface area contributed by atoms with Crippen LogP contribution in [-0.2, 0) is 5.41 Å². The van der Waals surface area contributed by atoms with Crippen LogP contribution in [0, 0.1) is 0 Å². The van der Waals surface area contributed by atoms with Gasteiger partial charge in [0, 0.05) is 26.8 Å². The van der Waals surface area contributed by atoms with E-state index < -0.39 is 0 Å². The maximum absolute atomic E-state index is 12.6. The fourth-order valence-corrected chi connectivity index (χ4v) is 3.76. The van der Waals surface area contributed by atoms with Gasteiger partial charge in [0.2, 0.25) is 0 Å². The van der Waals surface area contributed by atoms with E-state index in [1.807, 2.05) is 30.3 Å². The van der Waals surface area contributed by atoms with E-state index in [-0.39, 0.29) is 17.4 Å². The van der Waals surface area contributed by atoms with E-state index in [1.165, 1.54) is 5.56 Å². The van der Waals surface area contributed by atoms with E-state index in [4.69, 9.17) is 0 Å². The number of hydrogen-bond donors (Lipinski definition) is 2. The molecule has 0 spiro atoms. The van der Waals surface area contributed by atoms with Crippen molar-refractivity contribution >= 4 is 32.7 Å². The summed E-state index contributed by atoms with van der Waals surface area (Å²) in [6, 6.07) is 18.4. The fraction of sp³-hybridized carbons (Fsp3) is 0.250. The maximum atomic E-state index is 12.6. The number of carbonyl (C=O) groups excluding carboxylic acids is 1. The van der Waals surface area contributed by atoms with E-state index in [9.17, 15) is 4.79 Å². The Balaban J connectivity index is 1.54. The molecule has 1 saturated carbocycles. The molecule has 2 aromatic carbocycles. The van der Waals surface area contributed by atoms with Crippen molar-refractivity contribution in [2.24, 2.45) is 0 Å². The molecular weight excluding hydrogens is 364 g/mol. The predicted octanol–water partition coefficient (Wildman–Crippen LogP) is 4.78. The zero-order valence-electron chi connectivity index (χ0n) is 13.5. The van der Waals surface area contributed by atoms with Gasteiger partial charge in [-0.25, -0.2) is 0 Å². The molecule has 2 N–H and O–H groups in total. The third-order valence-corrected chi connectivity index (χ3v) is 5.69. The zero-order chi connectivity index (χ0) is 16.7. The SMILES string of the molecule is CC(NC(=O)c1cc2ccccc2[nH]1)C1(c2ccc(Br)cc2)CC1. The van der Waals surface area contributed by atoms with Crippen molar-refractivity contribution < 1.29 is 4.79 Å². The minimum absolute atomic E-state index is 0.0397. The number of benzene rings is 2. The summed E-state index contributed by atoms with van der Waals surface area (Å²) in [5.74, 6) is -0.0397. The molecule has 1 atom stereocenters. The molecule has 1 fully saturated rings. The molecule has 24 heavy (non-hydrogen) atoms. The zero-order valence-corrected chi connectivity index (χ0v) is 15.1. The Morgan fingerprint density at radius 2 is 1.88 bits per heavy atom. The van der Waals surface area contributed by atoms with Gasteiger partial charge in [0.05, 0.1) is 0 Å². The van der Waals surface area contributed by atoms with Crippen LogP contribution >= 0.6 is 15.9 Å². The van der Waals surface area contributed by atoms with Gasteiger partial charge in [0.1, 0.15) is 5.69 Å². The Morgan fingerprint density at radius 1 is 1.17 bits per heavy atom. The molecule has 0 radical (unpaired) electrons. The van der Waals surface area contributed by atoms with Crippen LogP contribution in [-0.4, -0.2) is 16.9 Å². The van der Waals surface area contributed by atoms with Crippen molar-refractivity contribution in [3.63, 3.8) is 0 Å². The first-order valence-corrected chi connectivity index (χ1v) is 9.02. The number of nitrogens with one attached hydrogen (secondary N) is 2. The summed E-state index contributed by atoms with van der Waals surface area (Å²) in [5, 5.41) is 4.25. The highest BCUT2D eigenvalue weighted by molar-refractivity contribution is 9.10. The molecule has 3 aromatic rings. The topological polar surface area (TPSA) is 44.9 Å². The normalized spacial score (nSPS) is 16.8. The van der Waals surface area contributed by atoms with Crippen LogP contribution in [0.5, 0.6) is 0 Å². The lowest BCUT2D eigenvalue weighted by atomic mass is 9.89. The van der Waals surface area contributed by atoms with Gasteiger partial charge in [0.15, 0.2) is 0 Å². The molecular formula is C20H19BrN2O. The molecule has 0 aliphatic heterocycles. The van der Waals surface area contributed by atoms with Gasteiger partial charge in [-0.1, -0.05) is 46.3 Å². The van der Waals surface area contributed by atoms with Gasteiger partial charge in [-0.3, -0.25) is 4.79 Å². The first-order chi connectivity index (χ1) is 11.6. The monoisotopic (exact) mass is 382 g/mol. The average molecular weight is 383 g/mol. The van der Waals surface area contributed by atoms with Crippen molar-refractivity contribution in [1.82, 2.24) is 10.3 Å². The molecule has 1 aliphatic rings. The van der Waals surface area contributed by atoms with E-state index in [0.717, 1.165) is 28.2 Å². The van der Waals surface area contributed by atoms with Gasteiger partial charge < -0.3 is 10.3 Å². The number of aromatic amines is 1. The predicted molar refractivity (Wildman–Crippen MR) is 100 cm³/mol. The van der Waals surface area contributed by atoms with Gasteiger partial charge in [0.25, 0.3) is 5.91 Å². The smallest absolute Gasteiger partial charge is 0.267 e. The highest BCUT2D eigenvalue weighted by Gasteiger charge is 2.49. The molecule has 4 rings (SSSR count). The number of fused-ring (bicyclic) bond motifs is 1.